The second-order valence-electron chi connectivity index (χ2n) is 6.91. The number of fused-ring (bicyclic) bond motifs is 1. The first-order valence-electron chi connectivity index (χ1n) is 9.25. The van der Waals surface area contributed by atoms with Crippen molar-refractivity contribution in [3.63, 3.8) is 0 Å². The maximum Gasteiger partial charge on any atom is 0.251 e. The minimum absolute atomic E-state index is 0.130. The van der Waals surface area contributed by atoms with Gasteiger partial charge in [-0.2, -0.15) is 5.10 Å². The van der Waals surface area contributed by atoms with Crippen LogP contribution in [-0.2, 0) is 6.42 Å². The number of rotatable bonds is 5. The van der Waals surface area contributed by atoms with Crippen LogP contribution < -0.4 is 5.32 Å². The molecule has 4 rings (SSSR count). The average molecular weight is 353 g/mol. The second-order valence-corrected chi connectivity index (χ2v) is 6.91. The predicted octanol–water partition coefficient (Wildman–Crippen LogP) is 3.27. The molecule has 1 saturated carbocycles. The highest BCUT2D eigenvalue weighted by molar-refractivity contribution is 5.97. The van der Waals surface area contributed by atoms with Crippen LogP contribution in [0.25, 0.3) is 11.1 Å². The number of oxazole rings is 1. The summed E-state index contributed by atoms with van der Waals surface area (Å²) in [5.41, 5.74) is 2.08. The largest absolute Gasteiger partial charge is 0.440 e. The van der Waals surface area contributed by atoms with Crippen molar-refractivity contribution >= 4 is 17.0 Å². The zero-order valence-electron chi connectivity index (χ0n) is 14.9. The van der Waals surface area contributed by atoms with E-state index in [1.54, 1.807) is 12.1 Å². The molecular weight excluding hydrogens is 330 g/mol. The number of aromatic amines is 1. The number of benzene rings is 1. The molecule has 0 bridgehead atoms. The molecule has 0 spiro atoms. The number of nitrogens with one attached hydrogen (secondary N) is 2. The van der Waals surface area contributed by atoms with Crippen molar-refractivity contribution in [1.82, 2.24) is 25.5 Å². The Morgan fingerprint density at radius 1 is 1.27 bits per heavy atom. The molecular formula is C19H23N5O2. The van der Waals surface area contributed by atoms with E-state index in [4.69, 9.17) is 4.42 Å². The van der Waals surface area contributed by atoms with Crippen LogP contribution in [0, 0.1) is 6.92 Å². The quantitative estimate of drug-likeness (QED) is 0.734. The molecule has 136 valence electrons. The van der Waals surface area contributed by atoms with Crippen molar-refractivity contribution in [2.24, 2.45) is 0 Å². The highest BCUT2D eigenvalue weighted by Gasteiger charge is 2.21. The lowest BCUT2D eigenvalue weighted by Crippen LogP contribution is -2.25. The molecule has 1 aliphatic carbocycles. The minimum Gasteiger partial charge on any atom is -0.440 e. The Labute approximate surface area is 151 Å². The highest BCUT2D eigenvalue weighted by atomic mass is 16.3. The number of hydrogen-bond donors (Lipinski definition) is 2. The molecule has 1 aromatic carbocycles. The van der Waals surface area contributed by atoms with E-state index in [9.17, 15) is 4.79 Å². The molecule has 0 atom stereocenters. The van der Waals surface area contributed by atoms with Crippen LogP contribution in [-0.4, -0.2) is 32.6 Å². The zero-order chi connectivity index (χ0) is 17.9. The maximum atomic E-state index is 12.4. The molecule has 0 aliphatic heterocycles. The third-order valence-corrected chi connectivity index (χ3v) is 4.90. The van der Waals surface area contributed by atoms with Gasteiger partial charge in [-0.15, -0.1) is 0 Å². The van der Waals surface area contributed by atoms with Crippen LogP contribution >= 0.6 is 0 Å². The van der Waals surface area contributed by atoms with Gasteiger partial charge in [-0.25, -0.2) is 9.97 Å². The summed E-state index contributed by atoms with van der Waals surface area (Å²) in [5.74, 6) is 2.58. The van der Waals surface area contributed by atoms with Gasteiger partial charge in [0.15, 0.2) is 17.3 Å². The van der Waals surface area contributed by atoms with Gasteiger partial charge < -0.3 is 9.73 Å². The van der Waals surface area contributed by atoms with Crippen molar-refractivity contribution in [2.45, 2.75) is 51.4 Å². The highest BCUT2D eigenvalue weighted by Crippen LogP contribution is 2.33. The van der Waals surface area contributed by atoms with Crippen molar-refractivity contribution in [1.29, 1.82) is 0 Å². The third kappa shape index (κ3) is 3.61. The lowest BCUT2D eigenvalue weighted by atomic mass is 9.89. The first-order chi connectivity index (χ1) is 12.7. The number of aromatic nitrogens is 4. The molecule has 2 aromatic heterocycles. The fourth-order valence-corrected chi connectivity index (χ4v) is 3.50. The summed E-state index contributed by atoms with van der Waals surface area (Å²) < 4.78 is 5.96. The van der Waals surface area contributed by atoms with E-state index in [2.05, 4.69) is 25.5 Å². The molecule has 2 heterocycles. The molecule has 0 unspecified atom stereocenters. The van der Waals surface area contributed by atoms with Crippen LogP contribution in [0.3, 0.4) is 0 Å². The summed E-state index contributed by atoms with van der Waals surface area (Å²) >= 11 is 0. The van der Waals surface area contributed by atoms with Crippen LogP contribution in [0.15, 0.2) is 22.6 Å². The number of nitrogens with zero attached hydrogens (tertiary/aromatic N) is 3. The molecule has 7 heteroatoms. The Morgan fingerprint density at radius 2 is 2.12 bits per heavy atom. The Bertz CT molecular complexity index is 908. The van der Waals surface area contributed by atoms with E-state index >= 15 is 0 Å². The normalized spacial score (nSPS) is 15.4. The van der Waals surface area contributed by atoms with Crippen LogP contribution in [0.4, 0.5) is 0 Å². The summed E-state index contributed by atoms with van der Waals surface area (Å²) in [7, 11) is 0. The summed E-state index contributed by atoms with van der Waals surface area (Å²) in [6.07, 6.45) is 6.64. The van der Waals surface area contributed by atoms with E-state index in [0.29, 0.717) is 35.9 Å². The van der Waals surface area contributed by atoms with E-state index < -0.39 is 0 Å². The molecule has 7 nitrogen and oxygen atoms in total. The van der Waals surface area contributed by atoms with Gasteiger partial charge in [0.1, 0.15) is 11.3 Å². The predicted molar refractivity (Wildman–Crippen MR) is 97.0 cm³/mol. The molecule has 2 N–H and O–H groups in total. The number of carbonyl (C=O) groups excluding carboxylic acids is 1. The Hall–Kier alpha value is -2.70. The summed E-state index contributed by atoms with van der Waals surface area (Å²) in [4.78, 5) is 21.2. The average Bonchev–Trinajstić information content (AvgIpc) is 3.27. The molecule has 26 heavy (non-hydrogen) atoms. The fraction of sp³-hybridized carbons (Fsp3) is 0.474. The van der Waals surface area contributed by atoms with Crippen LogP contribution in [0.1, 0.15) is 65.9 Å². The van der Waals surface area contributed by atoms with Gasteiger partial charge in [-0.1, -0.05) is 19.3 Å². The van der Waals surface area contributed by atoms with Crippen molar-refractivity contribution in [3.05, 3.63) is 41.3 Å². The lowest BCUT2D eigenvalue weighted by Gasteiger charge is -2.17. The van der Waals surface area contributed by atoms with Crippen LogP contribution in [0.5, 0.6) is 0 Å². The van der Waals surface area contributed by atoms with Crippen LogP contribution in [0.2, 0.25) is 0 Å². The van der Waals surface area contributed by atoms with Gasteiger partial charge in [0.2, 0.25) is 0 Å². The van der Waals surface area contributed by atoms with E-state index in [1.165, 1.54) is 19.3 Å². The first-order valence-corrected chi connectivity index (χ1v) is 9.25. The van der Waals surface area contributed by atoms with Gasteiger partial charge in [0, 0.05) is 24.4 Å². The Kier molecular flexibility index (Phi) is 4.69. The molecule has 3 aromatic rings. The topological polar surface area (TPSA) is 96.7 Å². The number of aryl methyl sites for hydroxylation is 1. The van der Waals surface area contributed by atoms with Gasteiger partial charge in [-0.3, -0.25) is 9.89 Å². The Morgan fingerprint density at radius 3 is 2.88 bits per heavy atom. The molecule has 0 radical (unpaired) electrons. The Balaban J connectivity index is 1.41. The lowest BCUT2D eigenvalue weighted by molar-refractivity contribution is 0.0954. The monoisotopic (exact) mass is 353 g/mol. The number of amides is 1. The SMILES string of the molecule is Cc1nc(CCNC(=O)c2ccc3nc(C4CCCCC4)oc3c2)n[nH]1. The van der Waals surface area contributed by atoms with E-state index in [1.807, 2.05) is 13.0 Å². The summed E-state index contributed by atoms with van der Waals surface area (Å²) in [6, 6.07) is 5.43. The molecule has 0 saturated heterocycles. The van der Waals surface area contributed by atoms with E-state index in [0.717, 1.165) is 30.1 Å². The van der Waals surface area contributed by atoms with Gasteiger partial charge >= 0.3 is 0 Å². The zero-order valence-corrected chi connectivity index (χ0v) is 14.9. The summed E-state index contributed by atoms with van der Waals surface area (Å²) in [6.45, 7) is 2.33. The number of H-pyrrole nitrogens is 1. The van der Waals surface area contributed by atoms with Gasteiger partial charge in [-0.05, 0) is 38.0 Å². The van der Waals surface area contributed by atoms with E-state index in [-0.39, 0.29) is 5.91 Å². The van der Waals surface area contributed by atoms with Gasteiger partial charge in [0.05, 0.1) is 0 Å². The standard InChI is InChI=1S/C19H23N5O2/c1-12-21-17(24-23-12)9-10-20-18(25)14-7-8-15-16(11-14)26-19(22-15)13-5-3-2-4-6-13/h7-8,11,13H,2-6,9-10H2,1H3,(H,20,25)(H,21,23,24). The van der Waals surface area contributed by atoms with Crippen molar-refractivity contribution in [3.8, 4) is 0 Å². The van der Waals surface area contributed by atoms with Crippen molar-refractivity contribution in [2.75, 3.05) is 6.54 Å². The second kappa shape index (κ2) is 7.27. The fourth-order valence-electron chi connectivity index (χ4n) is 3.50. The molecule has 1 aliphatic rings. The number of hydrogen-bond acceptors (Lipinski definition) is 5. The smallest absolute Gasteiger partial charge is 0.251 e. The third-order valence-electron chi connectivity index (χ3n) is 4.90. The molecule has 1 fully saturated rings. The molecule has 1 amide bonds. The van der Waals surface area contributed by atoms with Gasteiger partial charge in [0.25, 0.3) is 5.91 Å². The first kappa shape index (κ1) is 16.8. The number of carbonyl (C=O) groups is 1. The maximum absolute atomic E-state index is 12.4. The van der Waals surface area contributed by atoms with Crippen molar-refractivity contribution < 1.29 is 9.21 Å². The summed E-state index contributed by atoms with van der Waals surface area (Å²) in [5, 5.41) is 9.75. The minimum atomic E-state index is -0.130.